The van der Waals surface area contributed by atoms with Crippen LogP contribution in [-0.2, 0) is 15.6 Å². The first-order valence-corrected chi connectivity index (χ1v) is 7.45. The average Bonchev–Trinajstić information content (AvgIpc) is 2.88. The average molecular weight is 306 g/mol. The second-order valence-corrected chi connectivity index (χ2v) is 5.30. The summed E-state index contributed by atoms with van der Waals surface area (Å²) in [6, 6.07) is 9.66. The summed E-state index contributed by atoms with van der Waals surface area (Å²) < 4.78 is 23.4. The summed E-state index contributed by atoms with van der Waals surface area (Å²) in [7, 11) is 0. The molecule has 1 aliphatic rings. The van der Waals surface area contributed by atoms with Crippen molar-refractivity contribution in [1.82, 2.24) is 0 Å². The van der Waals surface area contributed by atoms with Crippen LogP contribution in [0.2, 0.25) is 0 Å². The van der Waals surface area contributed by atoms with E-state index in [-0.39, 0.29) is 0 Å². The van der Waals surface area contributed by atoms with Crippen LogP contribution in [0.5, 0.6) is 0 Å². The molecule has 0 radical (unpaired) electrons. The number of nitrogens with zero attached hydrogens (tertiary/aromatic N) is 2. The van der Waals surface area contributed by atoms with E-state index >= 15 is 0 Å². The summed E-state index contributed by atoms with van der Waals surface area (Å²) in [5, 5.41) is 15.1. The van der Waals surface area contributed by atoms with Gasteiger partial charge < -0.3 is 0 Å². The molecule has 0 fully saturated rings. The van der Waals surface area contributed by atoms with Crippen molar-refractivity contribution in [2.24, 2.45) is 5.16 Å². The van der Waals surface area contributed by atoms with Gasteiger partial charge in [-0.1, -0.05) is 41.2 Å². The van der Waals surface area contributed by atoms with Crippen LogP contribution in [0.25, 0.3) is 5.57 Å². The van der Waals surface area contributed by atoms with E-state index in [0.29, 0.717) is 16.2 Å². The van der Waals surface area contributed by atoms with Crippen LogP contribution in [0.1, 0.15) is 11.1 Å². The van der Waals surface area contributed by atoms with Gasteiger partial charge in [0.25, 0.3) is 0 Å². The molecule has 0 saturated carbocycles. The number of allylic oxidation sites excluding steroid dienone is 2. The van der Waals surface area contributed by atoms with Gasteiger partial charge in [0.1, 0.15) is 11.1 Å². The maximum absolute atomic E-state index is 10.5. The van der Waals surface area contributed by atoms with E-state index in [1.54, 1.807) is 11.5 Å². The van der Waals surface area contributed by atoms with Crippen LogP contribution in [0, 0.1) is 18.3 Å². The van der Waals surface area contributed by atoms with Gasteiger partial charge in [0, 0.05) is 5.57 Å². The molecular formula is C13H10N2O3S2. The van der Waals surface area contributed by atoms with Crippen molar-refractivity contribution in [3.8, 4) is 6.07 Å². The number of oxime groups is 1. The Balaban J connectivity index is 2.50. The molecule has 0 bridgehead atoms. The van der Waals surface area contributed by atoms with Gasteiger partial charge in [0.15, 0.2) is 0 Å². The Bertz CT molecular complexity index is 687. The van der Waals surface area contributed by atoms with Gasteiger partial charge in [0.2, 0.25) is 0 Å². The zero-order chi connectivity index (χ0) is 14.5. The first-order valence-electron chi connectivity index (χ1n) is 5.53. The fraction of sp³-hybridized carbons (Fsp3) is 0.0769. The van der Waals surface area contributed by atoms with E-state index in [4.69, 9.17) is 4.55 Å². The Morgan fingerprint density at radius 1 is 1.50 bits per heavy atom. The summed E-state index contributed by atoms with van der Waals surface area (Å²) >= 11 is -1.25. The maximum atomic E-state index is 10.5. The third-order valence-corrected chi connectivity index (χ3v) is 3.62. The number of hydrogen-bond acceptors (Lipinski definition) is 5. The first kappa shape index (κ1) is 14.5. The minimum atomic E-state index is -2.47. The van der Waals surface area contributed by atoms with Crippen molar-refractivity contribution in [3.05, 3.63) is 52.4 Å². The molecule has 2 rings (SSSR count). The number of hydrogen-bond donors (Lipinski definition) is 1. The lowest BCUT2D eigenvalue weighted by atomic mass is 9.97. The van der Waals surface area contributed by atoms with Crippen LogP contribution in [-0.4, -0.2) is 13.8 Å². The van der Waals surface area contributed by atoms with E-state index in [1.165, 1.54) is 11.8 Å². The molecule has 0 saturated heterocycles. The molecule has 0 amide bonds. The number of benzene rings is 1. The third kappa shape index (κ3) is 3.17. The SMILES string of the molecule is Cc1ccccc1/C(C#N)=C1\C=CS\C1=N/OS(=O)O. The molecule has 1 unspecified atom stereocenters. The third-order valence-electron chi connectivity index (χ3n) is 2.62. The molecule has 1 aromatic carbocycles. The Morgan fingerprint density at radius 3 is 2.90 bits per heavy atom. The zero-order valence-electron chi connectivity index (χ0n) is 10.4. The summed E-state index contributed by atoms with van der Waals surface area (Å²) in [6.45, 7) is 1.91. The highest BCUT2D eigenvalue weighted by molar-refractivity contribution is 8.17. The Labute approximate surface area is 123 Å². The maximum Gasteiger partial charge on any atom is 0.378 e. The van der Waals surface area contributed by atoms with E-state index in [9.17, 15) is 9.47 Å². The van der Waals surface area contributed by atoms with E-state index < -0.39 is 11.4 Å². The molecule has 1 aromatic rings. The molecule has 1 heterocycles. The summed E-state index contributed by atoms with van der Waals surface area (Å²) in [5.41, 5.74) is 2.80. The van der Waals surface area contributed by atoms with Crippen molar-refractivity contribution in [1.29, 1.82) is 5.26 Å². The number of aryl methyl sites for hydroxylation is 1. The normalized spacial score (nSPS) is 19.8. The minimum Gasteiger partial charge on any atom is -0.273 e. The van der Waals surface area contributed by atoms with Crippen LogP contribution in [0.3, 0.4) is 0 Å². The van der Waals surface area contributed by atoms with Crippen molar-refractivity contribution in [2.75, 3.05) is 0 Å². The van der Waals surface area contributed by atoms with E-state index in [1.807, 2.05) is 31.2 Å². The predicted octanol–water partition coefficient (Wildman–Crippen LogP) is 3.00. The van der Waals surface area contributed by atoms with Crippen molar-refractivity contribution < 1.29 is 13.0 Å². The Kier molecular flexibility index (Phi) is 4.74. The lowest BCUT2D eigenvalue weighted by Gasteiger charge is -2.06. The predicted molar refractivity (Wildman–Crippen MR) is 79.7 cm³/mol. The minimum absolute atomic E-state index is 0.382. The molecular weight excluding hydrogens is 296 g/mol. The molecule has 102 valence electrons. The van der Waals surface area contributed by atoms with Gasteiger partial charge in [-0.3, -0.25) is 8.84 Å². The monoisotopic (exact) mass is 306 g/mol. The van der Waals surface area contributed by atoms with Gasteiger partial charge in [-0.05, 0) is 29.5 Å². The summed E-state index contributed by atoms with van der Waals surface area (Å²) in [4.78, 5) is 0. The Morgan fingerprint density at radius 2 is 2.25 bits per heavy atom. The highest BCUT2D eigenvalue weighted by Gasteiger charge is 2.19. The van der Waals surface area contributed by atoms with E-state index in [2.05, 4.69) is 15.5 Å². The quantitative estimate of drug-likeness (QED) is 0.527. The fourth-order valence-corrected chi connectivity index (χ4v) is 2.64. The van der Waals surface area contributed by atoms with Gasteiger partial charge in [0.05, 0.1) is 5.57 Å². The molecule has 1 atom stereocenters. The first-order chi connectivity index (χ1) is 9.63. The largest absolute Gasteiger partial charge is 0.378 e. The van der Waals surface area contributed by atoms with Crippen molar-refractivity contribution >= 4 is 33.7 Å². The number of thioether (sulfide) groups is 1. The van der Waals surface area contributed by atoms with Crippen molar-refractivity contribution in [2.45, 2.75) is 6.92 Å². The summed E-state index contributed by atoms with van der Waals surface area (Å²) in [5.74, 6) is 0. The van der Waals surface area contributed by atoms with Crippen molar-refractivity contribution in [3.63, 3.8) is 0 Å². The van der Waals surface area contributed by atoms with Gasteiger partial charge in [-0.15, -0.1) is 0 Å². The van der Waals surface area contributed by atoms with Crippen LogP contribution < -0.4 is 0 Å². The van der Waals surface area contributed by atoms with Gasteiger partial charge >= 0.3 is 11.4 Å². The van der Waals surface area contributed by atoms with E-state index in [0.717, 1.165) is 11.1 Å². The molecule has 7 heteroatoms. The smallest absolute Gasteiger partial charge is 0.273 e. The Hall–Kier alpha value is -1.88. The lowest BCUT2D eigenvalue weighted by molar-refractivity contribution is 0.327. The molecule has 20 heavy (non-hydrogen) atoms. The molecule has 0 aromatic heterocycles. The molecule has 1 aliphatic heterocycles. The molecule has 5 nitrogen and oxygen atoms in total. The van der Waals surface area contributed by atoms with Gasteiger partial charge in [-0.2, -0.15) is 9.47 Å². The van der Waals surface area contributed by atoms with Crippen LogP contribution >= 0.6 is 11.8 Å². The second kappa shape index (κ2) is 6.52. The molecule has 1 N–H and O–H groups in total. The molecule has 0 spiro atoms. The second-order valence-electron chi connectivity index (χ2n) is 3.82. The van der Waals surface area contributed by atoms with Crippen LogP contribution in [0.15, 0.2) is 46.5 Å². The fourth-order valence-electron chi connectivity index (χ4n) is 1.75. The zero-order valence-corrected chi connectivity index (χ0v) is 12.1. The molecule has 0 aliphatic carbocycles. The highest BCUT2D eigenvalue weighted by atomic mass is 32.2. The summed E-state index contributed by atoms with van der Waals surface area (Å²) in [6.07, 6.45) is 1.73. The number of rotatable bonds is 3. The van der Waals surface area contributed by atoms with Gasteiger partial charge in [-0.25, -0.2) is 0 Å². The highest BCUT2D eigenvalue weighted by Crippen LogP contribution is 2.31. The van der Waals surface area contributed by atoms with Crippen LogP contribution in [0.4, 0.5) is 0 Å². The lowest BCUT2D eigenvalue weighted by Crippen LogP contribution is -1.99. The standard InChI is InChI=1S/C13H10N2O3S2/c1-9-4-2-3-5-10(9)12(8-14)11-6-7-19-13(11)15-18-20(16)17/h2-7H,1H3,(H,16,17)/b12-11+,15-13-. The topological polar surface area (TPSA) is 82.7 Å². The number of nitriles is 1.